The van der Waals surface area contributed by atoms with Crippen LogP contribution in [0.4, 0.5) is 30.7 Å². The average Bonchev–Trinajstić information content (AvgIpc) is 2.43. The molecule has 3 nitrogen and oxygen atoms in total. The van der Waals surface area contributed by atoms with Crippen molar-refractivity contribution in [1.82, 2.24) is 0 Å². The zero-order valence-corrected chi connectivity index (χ0v) is 11.6. The summed E-state index contributed by atoms with van der Waals surface area (Å²) in [5, 5.41) is 0. The van der Waals surface area contributed by atoms with Gasteiger partial charge in [0, 0.05) is 0 Å². The van der Waals surface area contributed by atoms with E-state index in [4.69, 9.17) is 5.73 Å². The summed E-state index contributed by atoms with van der Waals surface area (Å²) in [6, 6.07) is -1.82. The highest BCUT2D eigenvalue weighted by molar-refractivity contribution is 5.76. The molecule has 0 spiro atoms. The van der Waals surface area contributed by atoms with Gasteiger partial charge in [-0.3, -0.25) is 0 Å². The largest absolute Gasteiger partial charge is 0.464 e. The monoisotopic (exact) mass is 347 g/mol. The number of carbonyl (C=O) groups is 1. The van der Waals surface area contributed by atoms with Gasteiger partial charge in [-0.15, -0.1) is 0 Å². The van der Waals surface area contributed by atoms with Gasteiger partial charge in [0.1, 0.15) is 0 Å². The molecule has 0 heterocycles. The summed E-state index contributed by atoms with van der Waals surface area (Å²) in [7, 11) is 0. The van der Waals surface area contributed by atoms with Crippen LogP contribution in [0.5, 0.6) is 0 Å². The van der Waals surface area contributed by atoms with Gasteiger partial charge in [-0.25, -0.2) is 9.18 Å². The molecule has 0 aromatic heterocycles. The maximum absolute atomic E-state index is 13.8. The summed E-state index contributed by atoms with van der Waals surface area (Å²) < 4.78 is 94.6. The molecule has 0 aliphatic carbocycles. The summed E-state index contributed by atoms with van der Waals surface area (Å²) in [6.45, 7) is 1.06. The zero-order chi connectivity index (χ0) is 18.0. The summed E-state index contributed by atoms with van der Waals surface area (Å²) in [5.74, 6) is -1.55. The van der Waals surface area contributed by atoms with E-state index in [1.54, 1.807) is 0 Å². The number of halogens is 7. The second-order valence-corrected chi connectivity index (χ2v) is 4.48. The van der Waals surface area contributed by atoms with Crippen LogP contribution in [0.1, 0.15) is 29.7 Å². The van der Waals surface area contributed by atoms with E-state index < -0.39 is 47.2 Å². The Hall–Kier alpha value is -1.84. The first-order valence-corrected chi connectivity index (χ1v) is 6.24. The van der Waals surface area contributed by atoms with Crippen molar-refractivity contribution in [3.63, 3.8) is 0 Å². The Morgan fingerprint density at radius 2 is 1.74 bits per heavy atom. The zero-order valence-electron chi connectivity index (χ0n) is 11.6. The summed E-state index contributed by atoms with van der Waals surface area (Å²) in [5.41, 5.74) is 1.07. The molecule has 1 rings (SSSR count). The quantitative estimate of drug-likeness (QED) is 0.669. The number of hydrogen-bond acceptors (Lipinski definition) is 3. The molecule has 0 bridgehead atoms. The molecule has 1 aromatic rings. The van der Waals surface area contributed by atoms with Gasteiger partial charge in [0.15, 0.2) is 0 Å². The molecule has 10 heteroatoms. The molecule has 0 saturated carbocycles. The minimum atomic E-state index is -5.06. The Bertz CT molecular complexity index is 568. The van der Waals surface area contributed by atoms with Gasteiger partial charge >= 0.3 is 18.3 Å². The van der Waals surface area contributed by atoms with Crippen molar-refractivity contribution < 1.29 is 40.3 Å². The van der Waals surface area contributed by atoms with Gasteiger partial charge in [0.05, 0.1) is 23.8 Å². The highest BCUT2D eigenvalue weighted by atomic mass is 19.4. The number of alkyl halides is 7. The minimum Gasteiger partial charge on any atom is -0.464 e. The number of hydrogen-bond donors (Lipinski definition) is 1. The highest BCUT2D eigenvalue weighted by Gasteiger charge is 2.40. The molecule has 2 atom stereocenters. The van der Waals surface area contributed by atoms with Crippen LogP contribution < -0.4 is 5.73 Å². The van der Waals surface area contributed by atoms with E-state index in [1.807, 2.05) is 0 Å². The van der Waals surface area contributed by atoms with Crippen LogP contribution in [-0.4, -0.2) is 18.7 Å². The van der Waals surface area contributed by atoms with Crippen molar-refractivity contribution in [3.05, 3.63) is 34.9 Å². The molecule has 1 unspecified atom stereocenters. The Labute approximate surface area is 126 Å². The standard InChI is InChI=1S/C13H12F7NO2/c1-2-23-11(22)9(14)10(21)7-5-6(12(15,16)17)3-4-8(7)13(18,19)20/h3-5,9-10H,2,21H2,1H3/t9?,10-/m1/s1. The van der Waals surface area contributed by atoms with Crippen LogP contribution in [0.3, 0.4) is 0 Å². The van der Waals surface area contributed by atoms with Gasteiger partial charge in [-0.2, -0.15) is 26.3 Å². The molecule has 0 aliphatic rings. The topological polar surface area (TPSA) is 52.3 Å². The van der Waals surface area contributed by atoms with Crippen LogP contribution in [0.2, 0.25) is 0 Å². The number of nitrogens with two attached hydrogens (primary N) is 1. The predicted molar refractivity (Wildman–Crippen MR) is 64.9 cm³/mol. The molecular weight excluding hydrogens is 335 g/mol. The Balaban J connectivity index is 3.37. The fourth-order valence-corrected chi connectivity index (χ4v) is 1.80. The first kappa shape index (κ1) is 19.2. The number of carbonyl (C=O) groups excluding carboxylic acids is 1. The highest BCUT2D eigenvalue weighted by Crippen LogP contribution is 2.39. The summed E-state index contributed by atoms with van der Waals surface area (Å²) in [6.07, 6.45) is -12.8. The van der Waals surface area contributed by atoms with Crippen LogP contribution in [0.25, 0.3) is 0 Å². The van der Waals surface area contributed by atoms with Gasteiger partial charge in [0.25, 0.3) is 0 Å². The SMILES string of the molecule is CCOC(=O)C(F)[C@H](N)c1cc(C(F)(F)F)ccc1C(F)(F)F. The fraction of sp³-hybridized carbons (Fsp3) is 0.462. The number of benzene rings is 1. The van der Waals surface area contributed by atoms with E-state index in [9.17, 15) is 35.5 Å². The Morgan fingerprint density at radius 3 is 2.17 bits per heavy atom. The maximum Gasteiger partial charge on any atom is 0.416 e. The average molecular weight is 347 g/mol. The number of rotatable bonds is 4. The normalized spacial score (nSPS) is 15.2. The second-order valence-electron chi connectivity index (χ2n) is 4.48. The van der Waals surface area contributed by atoms with E-state index in [1.165, 1.54) is 6.92 Å². The lowest BCUT2D eigenvalue weighted by Gasteiger charge is -2.22. The van der Waals surface area contributed by atoms with Crippen molar-refractivity contribution in [2.45, 2.75) is 31.5 Å². The Morgan fingerprint density at radius 1 is 1.17 bits per heavy atom. The molecule has 2 N–H and O–H groups in total. The van der Waals surface area contributed by atoms with Crippen molar-refractivity contribution in [2.75, 3.05) is 6.61 Å². The van der Waals surface area contributed by atoms with E-state index in [0.29, 0.717) is 0 Å². The fourth-order valence-electron chi connectivity index (χ4n) is 1.80. The molecule has 0 radical (unpaired) electrons. The number of ether oxygens (including phenoxy) is 1. The van der Waals surface area contributed by atoms with Gasteiger partial charge in [-0.1, -0.05) is 0 Å². The van der Waals surface area contributed by atoms with E-state index in [2.05, 4.69) is 4.74 Å². The molecule has 130 valence electrons. The van der Waals surface area contributed by atoms with E-state index >= 15 is 0 Å². The van der Waals surface area contributed by atoms with Crippen LogP contribution >= 0.6 is 0 Å². The summed E-state index contributed by atoms with van der Waals surface area (Å²) >= 11 is 0. The minimum absolute atomic E-state index is 0.0826. The summed E-state index contributed by atoms with van der Waals surface area (Å²) in [4.78, 5) is 11.2. The molecule has 0 saturated heterocycles. The lowest BCUT2D eigenvalue weighted by atomic mass is 9.94. The van der Waals surface area contributed by atoms with Gasteiger partial charge in [-0.05, 0) is 30.7 Å². The molecule has 1 aromatic carbocycles. The van der Waals surface area contributed by atoms with Crippen LogP contribution in [-0.2, 0) is 21.9 Å². The maximum atomic E-state index is 13.8. The smallest absolute Gasteiger partial charge is 0.416 e. The lowest BCUT2D eigenvalue weighted by Crippen LogP contribution is -2.33. The van der Waals surface area contributed by atoms with Crippen LogP contribution in [0, 0.1) is 0 Å². The molecule has 0 fully saturated rings. The third kappa shape index (κ3) is 4.57. The van der Waals surface area contributed by atoms with Crippen molar-refractivity contribution in [1.29, 1.82) is 0 Å². The lowest BCUT2D eigenvalue weighted by molar-refractivity contribution is -0.150. The van der Waals surface area contributed by atoms with Crippen molar-refractivity contribution in [2.24, 2.45) is 5.73 Å². The number of esters is 1. The first-order valence-electron chi connectivity index (χ1n) is 6.24. The van der Waals surface area contributed by atoms with Gasteiger partial charge in [0.2, 0.25) is 6.17 Å². The van der Waals surface area contributed by atoms with Crippen LogP contribution in [0.15, 0.2) is 18.2 Å². The Kier molecular flexibility index (Phi) is 5.62. The first-order chi connectivity index (χ1) is 10.4. The van der Waals surface area contributed by atoms with E-state index in [0.717, 1.165) is 0 Å². The molecule has 0 aliphatic heterocycles. The van der Waals surface area contributed by atoms with Crippen molar-refractivity contribution >= 4 is 5.97 Å². The molecular formula is C13H12F7NO2. The molecule has 23 heavy (non-hydrogen) atoms. The third-order valence-corrected chi connectivity index (χ3v) is 2.87. The van der Waals surface area contributed by atoms with E-state index in [-0.39, 0.29) is 24.8 Å². The second kappa shape index (κ2) is 6.73. The van der Waals surface area contributed by atoms with Gasteiger partial charge < -0.3 is 10.5 Å². The third-order valence-electron chi connectivity index (χ3n) is 2.87. The predicted octanol–water partition coefficient (Wildman–Crippen LogP) is 3.63. The van der Waals surface area contributed by atoms with Crippen molar-refractivity contribution in [3.8, 4) is 0 Å². The molecule has 0 amide bonds.